The van der Waals surface area contributed by atoms with Gasteiger partial charge < -0.3 is 15.8 Å². The van der Waals surface area contributed by atoms with Crippen LogP contribution in [-0.2, 0) is 0 Å². The van der Waals surface area contributed by atoms with Gasteiger partial charge in [0.15, 0.2) is 0 Å². The van der Waals surface area contributed by atoms with Crippen LogP contribution in [0.5, 0.6) is 5.75 Å². The summed E-state index contributed by atoms with van der Waals surface area (Å²) in [6, 6.07) is 5.67. The Kier molecular flexibility index (Phi) is 6.54. The highest BCUT2D eigenvalue weighted by atomic mass is 19.4. The van der Waals surface area contributed by atoms with Gasteiger partial charge in [0.05, 0.1) is 0 Å². The average Bonchev–Trinajstić information content (AvgIpc) is 2.38. The van der Waals surface area contributed by atoms with Gasteiger partial charge in [0.25, 0.3) is 0 Å². The molecule has 0 aromatic heterocycles. The monoisotopic (exact) mass is 288 g/mol. The van der Waals surface area contributed by atoms with Crippen molar-refractivity contribution in [3.63, 3.8) is 0 Å². The van der Waals surface area contributed by atoms with E-state index in [-0.39, 0.29) is 11.8 Å². The van der Waals surface area contributed by atoms with Crippen LogP contribution < -0.4 is 15.8 Å². The lowest BCUT2D eigenvalue weighted by molar-refractivity contribution is -0.274. The van der Waals surface area contributed by atoms with Gasteiger partial charge in [0.2, 0.25) is 0 Å². The fourth-order valence-corrected chi connectivity index (χ4v) is 1.75. The molecule has 3 nitrogen and oxygen atoms in total. The van der Waals surface area contributed by atoms with Gasteiger partial charge >= 0.3 is 6.36 Å². The number of halogens is 3. The Labute approximate surface area is 116 Å². The number of hydrogen-bond donors (Lipinski definition) is 2. The summed E-state index contributed by atoms with van der Waals surface area (Å²) in [5, 5.41) is 3.25. The van der Waals surface area contributed by atoms with Gasteiger partial charge in [-0.2, -0.15) is 0 Å². The molecule has 1 unspecified atom stereocenters. The van der Waals surface area contributed by atoms with Crippen molar-refractivity contribution in [2.45, 2.75) is 25.7 Å². The Morgan fingerprint density at radius 1 is 1.30 bits per heavy atom. The zero-order valence-corrected chi connectivity index (χ0v) is 11.3. The summed E-state index contributed by atoms with van der Waals surface area (Å²) < 4.78 is 40.0. The molecule has 112 valence electrons. The van der Waals surface area contributed by atoms with Crippen molar-refractivity contribution in [2.75, 3.05) is 13.1 Å². The minimum Gasteiger partial charge on any atom is -0.406 e. The minimum absolute atomic E-state index is 0.0832. The topological polar surface area (TPSA) is 47.3 Å². The van der Waals surface area contributed by atoms with Crippen molar-refractivity contribution in [1.29, 1.82) is 0 Å². The molecule has 0 saturated heterocycles. The molecule has 0 aliphatic carbocycles. The molecule has 0 aliphatic heterocycles. The Morgan fingerprint density at radius 3 is 2.45 bits per heavy atom. The average molecular weight is 288 g/mol. The van der Waals surface area contributed by atoms with Gasteiger partial charge in [-0.3, -0.25) is 0 Å². The first-order chi connectivity index (χ1) is 9.46. The van der Waals surface area contributed by atoms with Crippen LogP contribution in [0.3, 0.4) is 0 Å². The molecule has 3 N–H and O–H groups in total. The van der Waals surface area contributed by atoms with E-state index in [0.717, 1.165) is 18.5 Å². The summed E-state index contributed by atoms with van der Waals surface area (Å²) in [6.07, 6.45) is 0.199. The summed E-state index contributed by atoms with van der Waals surface area (Å²) in [5.74, 6) is -0.231. The van der Waals surface area contributed by atoms with Gasteiger partial charge in [-0.15, -0.1) is 13.2 Å². The number of allylic oxidation sites excluding steroid dienone is 1. The van der Waals surface area contributed by atoms with E-state index < -0.39 is 6.36 Å². The Balaban J connectivity index is 2.60. The van der Waals surface area contributed by atoms with Crippen LogP contribution in [-0.4, -0.2) is 19.5 Å². The zero-order valence-electron chi connectivity index (χ0n) is 11.3. The number of benzene rings is 1. The maximum Gasteiger partial charge on any atom is 0.573 e. The van der Waals surface area contributed by atoms with Crippen LogP contribution in [0.4, 0.5) is 13.2 Å². The Hall–Kier alpha value is -1.53. The molecule has 0 bridgehead atoms. The van der Waals surface area contributed by atoms with Crippen molar-refractivity contribution < 1.29 is 17.9 Å². The molecule has 0 saturated carbocycles. The van der Waals surface area contributed by atoms with E-state index in [1.807, 2.05) is 19.1 Å². The number of rotatable bonds is 7. The molecule has 0 amide bonds. The first kappa shape index (κ1) is 16.5. The molecule has 1 atom stereocenters. The van der Waals surface area contributed by atoms with Crippen molar-refractivity contribution in [3.8, 4) is 5.75 Å². The van der Waals surface area contributed by atoms with Crippen molar-refractivity contribution in [3.05, 3.63) is 42.0 Å². The van der Waals surface area contributed by atoms with Crippen LogP contribution in [0.1, 0.15) is 24.9 Å². The molecular weight excluding hydrogens is 269 g/mol. The molecule has 1 aromatic rings. The molecule has 1 rings (SSSR count). The van der Waals surface area contributed by atoms with Gasteiger partial charge in [-0.05, 0) is 37.6 Å². The molecule has 0 radical (unpaired) electrons. The molecule has 0 spiro atoms. The fourth-order valence-electron chi connectivity index (χ4n) is 1.75. The largest absolute Gasteiger partial charge is 0.573 e. The quantitative estimate of drug-likeness (QED) is 0.598. The molecule has 0 heterocycles. The normalized spacial score (nSPS) is 13.7. The predicted octanol–water partition coefficient (Wildman–Crippen LogP) is 3.14. The van der Waals surface area contributed by atoms with E-state index in [4.69, 9.17) is 5.73 Å². The lowest BCUT2D eigenvalue weighted by atomic mass is 10.1. The van der Waals surface area contributed by atoms with Crippen molar-refractivity contribution in [1.82, 2.24) is 5.32 Å². The lowest BCUT2D eigenvalue weighted by Gasteiger charge is -2.17. The van der Waals surface area contributed by atoms with E-state index in [1.165, 1.54) is 12.1 Å². The van der Waals surface area contributed by atoms with Crippen LogP contribution >= 0.6 is 0 Å². The second-order valence-corrected chi connectivity index (χ2v) is 4.22. The highest BCUT2D eigenvalue weighted by Gasteiger charge is 2.31. The van der Waals surface area contributed by atoms with E-state index >= 15 is 0 Å². The fraction of sp³-hybridized carbons (Fsp3) is 0.429. The van der Waals surface area contributed by atoms with Crippen molar-refractivity contribution >= 4 is 0 Å². The zero-order chi connectivity index (χ0) is 15.0. The van der Waals surface area contributed by atoms with Crippen LogP contribution in [0.15, 0.2) is 36.4 Å². The number of hydrogen-bond acceptors (Lipinski definition) is 3. The predicted molar refractivity (Wildman–Crippen MR) is 72.4 cm³/mol. The van der Waals surface area contributed by atoms with E-state index in [1.54, 1.807) is 12.1 Å². The van der Waals surface area contributed by atoms with Crippen LogP contribution in [0.2, 0.25) is 0 Å². The molecule has 0 aliphatic rings. The van der Waals surface area contributed by atoms with E-state index in [9.17, 15) is 13.2 Å². The maximum atomic E-state index is 12.0. The van der Waals surface area contributed by atoms with Gasteiger partial charge in [-0.25, -0.2) is 0 Å². The van der Waals surface area contributed by atoms with Crippen LogP contribution in [0, 0.1) is 0 Å². The van der Waals surface area contributed by atoms with Gasteiger partial charge in [-0.1, -0.05) is 24.3 Å². The van der Waals surface area contributed by atoms with E-state index in [2.05, 4.69) is 10.1 Å². The number of nitrogens with two attached hydrogens (primary N) is 1. The first-order valence-corrected chi connectivity index (χ1v) is 6.36. The smallest absolute Gasteiger partial charge is 0.406 e. The second-order valence-electron chi connectivity index (χ2n) is 4.22. The summed E-state index contributed by atoms with van der Waals surface area (Å²) in [4.78, 5) is 0. The molecule has 6 heteroatoms. The standard InChI is InChI=1S/C14H19F3N2O/c1-2-3-4-9-19-13(10-18)11-5-7-12(8-6-11)20-14(15,16)17/h2-3,5-8,13,19H,4,9-10,18H2,1H3/b3-2+. The number of alkyl halides is 3. The maximum absolute atomic E-state index is 12.0. The number of ether oxygens (including phenoxy) is 1. The minimum atomic E-state index is -4.67. The lowest BCUT2D eigenvalue weighted by Crippen LogP contribution is -2.28. The van der Waals surface area contributed by atoms with Crippen LogP contribution in [0.25, 0.3) is 0 Å². The highest BCUT2D eigenvalue weighted by Crippen LogP contribution is 2.24. The molecule has 0 fully saturated rings. The Morgan fingerprint density at radius 2 is 1.95 bits per heavy atom. The molecule has 20 heavy (non-hydrogen) atoms. The van der Waals surface area contributed by atoms with Gasteiger partial charge in [0, 0.05) is 12.6 Å². The van der Waals surface area contributed by atoms with Crippen molar-refractivity contribution in [2.24, 2.45) is 5.73 Å². The highest BCUT2D eigenvalue weighted by molar-refractivity contribution is 5.29. The second kappa shape index (κ2) is 7.91. The van der Waals surface area contributed by atoms with E-state index in [0.29, 0.717) is 6.54 Å². The molecular formula is C14H19F3N2O. The SMILES string of the molecule is C/C=C/CCNC(CN)c1ccc(OC(F)(F)F)cc1. The number of nitrogens with one attached hydrogen (secondary N) is 1. The first-order valence-electron chi connectivity index (χ1n) is 6.36. The third-order valence-electron chi connectivity index (χ3n) is 2.69. The summed E-state index contributed by atoms with van der Waals surface area (Å²) in [6.45, 7) is 3.07. The molecule has 1 aromatic carbocycles. The third-order valence-corrected chi connectivity index (χ3v) is 2.69. The Bertz CT molecular complexity index is 415. The summed E-state index contributed by atoms with van der Waals surface area (Å²) in [5.41, 5.74) is 6.50. The third kappa shape index (κ3) is 6.08. The summed E-state index contributed by atoms with van der Waals surface area (Å²) >= 11 is 0. The van der Waals surface area contributed by atoms with Gasteiger partial charge in [0.1, 0.15) is 5.75 Å². The summed E-state index contributed by atoms with van der Waals surface area (Å²) in [7, 11) is 0.